The number of hydrogen-bond donors (Lipinski definition) is 0. The number of ether oxygens (including phenoxy) is 1. The molecule has 1 aromatic heterocycles. The standard InChI is InChI=1S/C18H30FNO2/c1-3-5-6-7-8-9-11-16(19)13-15-20-14-10-12-17(20)18(21)22-4-2/h10,12,14,16H,3-9,11,13,15H2,1-2H3. The number of aryl methyl sites for hydroxylation is 1. The molecule has 1 atom stereocenters. The van der Waals surface area contributed by atoms with Crippen molar-refractivity contribution in [3.63, 3.8) is 0 Å². The molecule has 1 rings (SSSR count). The lowest BCUT2D eigenvalue weighted by atomic mass is 10.1. The van der Waals surface area contributed by atoms with Crippen molar-refractivity contribution in [2.75, 3.05) is 6.61 Å². The second-order valence-corrected chi connectivity index (χ2v) is 5.75. The molecule has 22 heavy (non-hydrogen) atoms. The summed E-state index contributed by atoms with van der Waals surface area (Å²) in [5, 5.41) is 0. The van der Waals surface area contributed by atoms with E-state index < -0.39 is 6.17 Å². The first kappa shape index (κ1) is 18.7. The quantitative estimate of drug-likeness (QED) is 0.395. The van der Waals surface area contributed by atoms with E-state index in [4.69, 9.17) is 4.74 Å². The number of carbonyl (C=O) groups excluding carboxylic acids is 1. The predicted molar refractivity (Wildman–Crippen MR) is 87.9 cm³/mol. The Morgan fingerprint density at radius 2 is 1.91 bits per heavy atom. The van der Waals surface area contributed by atoms with Gasteiger partial charge in [0.15, 0.2) is 0 Å². The number of halogens is 1. The topological polar surface area (TPSA) is 31.2 Å². The molecule has 1 aromatic rings. The molecule has 0 aliphatic heterocycles. The minimum Gasteiger partial charge on any atom is -0.461 e. The number of nitrogens with zero attached hydrogens (tertiary/aromatic N) is 1. The van der Waals surface area contributed by atoms with Gasteiger partial charge in [-0.1, -0.05) is 45.4 Å². The molecule has 0 aliphatic rings. The van der Waals surface area contributed by atoms with Crippen LogP contribution in [0.4, 0.5) is 4.39 Å². The van der Waals surface area contributed by atoms with Gasteiger partial charge in [0, 0.05) is 12.7 Å². The van der Waals surface area contributed by atoms with E-state index in [1.807, 2.05) is 6.20 Å². The molecule has 0 radical (unpaired) electrons. The number of esters is 1. The number of alkyl halides is 1. The van der Waals surface area contributed by atoms with E-state index in [0.29, 0.717) is 31.7 Å². The summed E-state index contributed by atoms with van der Waals surface area (Å²) >= 11 is 0. The molecular formula is C18H30FNO2. The van der Waals surface area contributed by atoms with E-state index in [-0.39, 0.29) is 5.97 Å². The fourth-order valence-electron chi connectivity index (χ4n) is 2.57. The van der Waals surface area contributed by atoms with Crippen molar-refractivity contribution in [1.82, 2.24) is 4.57 Å². The number of rotatable bonds is 12. The van der Waals surface area contributed by atoms with Crippen molar-refractivity contribution in [1.29, 1.82) is 0 Å². The van der Waals surface area contributed by atoms with Crippen LogP contribution in [0.3, 0.4) is 0 Å². The average Bonchev–Trinajstić information content (AvgIpc) is 2.97. The van der Waals surface area contributed by atoms with Crippen LogP contribution in [0.25, 0.3) is 0 Å². The van der Waals surface area contributed by atoms with Gasteiger partial charge in [-0.15, -0.1) is 0 Å². The summed E-state index contributed by atoms with van der Waals surface area (Å²) in [6, 6.07) is 3.52. The van der Waals surface area contributed by atoms with Crippen LogP contribution in [0.1, 0.15) is 75.7 Å². The summed E-state index contributed by atoms with van der Waals surface area (Å²) in [6.45, 7) is 4.86. The van der Waals surface area contributed by atoms with Gasteiger partial charge in [-0.3, -0.25) is 0 Å². The lowest BCUT2D eigenvalue weighted by molar-refractivity contribution is 0.0513. The highest BCUT2D eigenvalue weighted by atomic mass is 19.1. The summed E-state index contributed by atoms with van der Waals surface area (Å²) in [5.74, 6) is -0.334. The normalized spacial score (nSPS) is 12.3. The molecule has 0 fully saturated rings. The van der Waals surface area contributed by atoms with Crippen molar-refractivity contribution < 1.29 is 13.9 Å². The predicted octanol–water partition coefficient (Wildman–Crippen LogP) is 5.14. The van der Waals surface area contributed by atoms with Crippen LogP contribution in [-0.2, 0) is 11.3 Å². The highest BCUT2D eigenvalue weighted by Gasteiger charge is 2.13. The Morgan fingerprint density at radius 3 is 2.64 bits per heavy atom. The van der Waals surface area contributed by atoms with E-state index in [1.165, 1.54) is 25.7 Å². The molecule has 0 N–H and O–H groups in total. The van der Waals surface area contributed by atoms with Gasteiger partial charge in [0.1, 0.15) is 11.9 Å². The van der Waals surface area contributed by atoms with Crippen molar-refractivity contribution in [3.8, 4) is 0 Å². The Labute approximate surface area is 133 Å². The van der Waals surface area contributed by atoms with Crippen LogP contribution in [-0.4, -0.2) is 23.3 Å². The molecular weight excluding hydrogens is 281 g/mol. The van der Waals surface area contributed by atoms with Crippen molar-refractivity contribution in [2.45, 2.75) is 77.9 Å². The lowest BCUT2D eigenvalue weighted by Gasteiger charge is -2.11. The SMILES string of the molecule is CCCCCCCCC(F)CCn1cccc1C(=O)OCC. The summed E-state index contributed by atoms with van der Waals surface area (Å²) in [6.07, 6.45) is 9.18. The fraction of sp³-hybridized carbons (Fsp3) is 0.722. The maximum absolute atomic E-state index is 13.9. The Kier molecular flexibility index (Phi) is 9.60. The van der Waals surface area contributed by atoms with Crippen molar-refractivity contribution in [2.24, 2.45) is 0 Å². The number of hydrogen-bond acceptors (Lipinski definition) is 2. The molecule has 0 bridgehead atoms. The first-order valence-electron chi connectivity index (χ1n) is 8.65. The van der Waals surface area contributed by atoms with Crippen molar-refractivity contribution >= 4 is 5.97 Å². The molecule has 0 saturated carbocycles. The van der Waals surface area contributed by atoms with E-state index >= 15 is 0 Å². The van der Waals surface area contributed by atoms with E-state index in [2.05, 4.69) is 6.92 Å². The summed E-state index contributed by atoms with van der Waals surface area (Å²) < 4.78 is 20.7. The second-order valence-electron chi connectivity index (χ2n) is 5.75. The molecule has 1 heterocycles. The largest absolute Gasteiger partial charge is 0.461 e. The Balaban J connectivity index is 2.22. The highest BCUT2D eigenvalue weighted by Crippen LogP contribution is 2.14. The summed E-state index contributed by atoms with van der Waals surface area (Å²) in [7, 11) is 0. The molecule has 3 nitrogen and oxygen atoms in total. The van der Waals surface area contributed by atoms with Gasteiger partial charge in [0.25, 0.3) is 0 Å². The molecule has 1 unspecified atom stereocenters. The van der Waals surface area contributed by atoms with Gasteiger partial charge < -0.3 is 9.30 Å². The first-order chi connectivity index (χ1) is 10.7. The van der Waals surface area contributed by atoms with Crippen LogP contribution in [0.15, 0.2) is 18.3 Å². The molecule has 4 heteroatoms. The molecule has 126 valence electrons. The Morgan fingerprint density at radius 1 is 1.18 bits per heavy atom. The van der Waals surface area contributed by atoms with Crippen molar-refractivity contribution in [3.05, 3.63) is 24.0 Å². The Bertz CT molecular complexity index is 417. The molecule has 0 aliphatic carbocycles. The first-order valence-corrected chi connectivity index (χ1v) is 8.65. The van der Waals surface area contributed by atoms with E-state index in [1.54, 1.807) is 23.6 Å². The molecule has 0 aromatic carbocycles. The number of unbranched alkanes of at least 4 members (excludes halogenated alkanes) is 5. The van der Waals surface area contributed by atoms with Gasteiger partial charge in [-0.25, -0.2) is 9.18 Å². The smallest absolute Gasteiger partial charge is 0.354 e. The minimum absolute atomic E-state index is 0.334. The van der Waals surface area contributed by atoms with E-state index in [9.17, 15) is 9.18 Å². The maximum Gasteiger partial charge on any atom is 0.354 e. The summed E-state index contributed by atoms with van der Waals surface area (Å²) in [4.78, 5) is 11.7. The van der Waals surface area contributed by atoms with Crippen LogP contribution in [0.5, 0.6) is 0 Å². The average molecular weight is 311 g/mol. The third-order valence-corrected chi connectivity index (χ3v) is 3.87. The van der Waals surface area contributed by atoms with E-state index in [0.717, 1.165) is 12.8 Å². The molecule has 0 saturated heterocycles. The maximum atomic E-state index is 13.9. The zero-order valence-corrected chi connectivity index (χ0v) is 14.0. The van der Waals surface area contributed by atoms with Gasteiger partial charge in [0.05, 0.1) is 6.61 Å². The zero-order chi connectivity index (χ0) is 16.2. The third kappa shape index (κ3) is 7.10. The second kappa shape index (κ2) is 11.3. The fourth-order valence-corrected chi connectivity index (χ4v) is 2.57. The monoisotopic (exact) mass is 311 g/mol. The Hall–Kier alpha value is -1.32. The number of carbonyl (C=O) groups is 1. The summed E-state index contributed by atoms with van der Waals surface area (Å²) in [5.41, 5.74) is 0.508. The van der Waals surface area contributed by atoms with Gasteiger partial charge in [-0.2, -0.15) is 0 Å². The van der Waals surface area contributed by atoms with Crippen LogP contribution < -0.4 is 0 Å². The van der Waals surface area contributed by atoms with Gasteiger partial charge in [-0.05, 0) is 31.9 Å². The number of aromatic nitrogens is 1. The van der Waals surface area contributed by atoms with Crippen LogP contribution in [0.2, 0.25) is 0 Å². The van der Waals surface area contributed by atoms with Crippen LogP contribution in [0, 0.1) is 0 Å². The zero-order valence-electron chi connectivity index (χ0n) is 14.0. The third-order valence-electron chi connectivity index (χ3n) is 3.87. The van der Waals surface area contributed by atoms with Gasteiger partial charge >= 0.3 is 5.97 Å². The lowest BCUT2D eigenvalue weighted by Crippen LogP contribution is -2.14. The highest BCUT2D eigenvalue weighted by molar-refractivity contribution is 5.87. The molecule has 0 amide bonds. The van der Waals surface area contributed by atoms with Gasteiger partial charge in [0.2, 0.25) is 0 Å². The minimum atomic E-state index is -0.788. The van der Waals surface area contributed by atoms with Crippen LogP contribution >= 0.6 is 0 Å². The molecule has 0 spiro atoms.